The summed E-state index contributed by atoms with van der Waals surface area (Å²) >= 11 is 0. The predicted octanol–water partition coefficient (Wildman–Crippen LogP) is 2.87. The highest BCUT2D eigenvalue weighted by atomic mass is 16.5. The van der Waals surface area contributed by atoms with Gasteiger partial charge in [0, 0.05) is 38.7 Å². The van der Waals surface area contributed by atoms with E-state index in [-0.39, 0.29) is 11.3 Å². The van der Waals surface area contributed by atoms with E-state index < -0.39 is 0 Å². The van der Waals surface area contributed by atoms with E-state index in [0.29, 0.717) is 43.5 Å². The first-order chi connectivity index (χ1) is 13.0. The highest BCUT2D eigenvalue weighted by Gasteiger charge is 2.51. The molecule has 27 heavy (non-hydrogen) atoms. The summed E-state index contributed by atoms with van der Waals surface area (Å²) in [5, 5.41) is 3.82. The van der Waals surface area contributed by atoms with Crippen molar-refractivity contribution in [2.24, 2.45) is 23.2 Å². The molecule has 5 aliphatic rings. The van der Waals surface area contributed by atoms with E-state index in [2.05, 4.69) is 5.16 Å². The Kier molecular flexibility index (Phi) is 4.06. The number of nitrogens with zero attached hydrogens (tertiary/aromatic N) is 3. The maximum absolute atomic E-state index is 13.0. The van der Waals surface area contributed by atoms with Crippen molar-refractivity contribution in [2.75, 3.05) is 26.2 Å². The normalized spacial score (nSPS) is 34.9. The second-order valence-electron chi connectivity index (χ2n) is 9.59. The molecular formula is C21H29N3O3. The Balaban J connectivity index is 1.18. The molecule has 0 N–H and O–H groups in total. The van der Waals surface area contributed by atoms with Crippen LogP contribution in [-0.2, 0) is 4.79 Å². The van der Waals surface area contributed by atoms with Crippen LogP contribution in [0.2, 0.25) is 0 Å². The minimum absolute atomic E-state index is 0.0972. The first-order valence-electron chi connectivity index (χ1n) is 10.5. The molecule has 4 aliphatic carbocycles. The van der Waals surface area contributed by atoms with Crippen molar-refractivity contribution in [1.29, 1.82) is 0 Å². The summed E-state index contributed by atoms with van der Waals surface area (Å²) in [7, 11) is 0. The molecule has 6 nitrogen and oxygen atoms in total. The van der Waals surface area contributed by atoms with E-state index in [1.54, 1.807) is 17.9 Å². The highest BCUT2D eigenvalue weighted by Crippen LogP contribution is 2.61. The Morgan fingerprint density at radius 2 is 1.59 bits per heavy atom. The average molecular weight is 371 g/mol. The third-order valence-electron chi connectivity index (χ3n) is 7.46. The lowest BCUT2D eigenvalue weighted by Gasteiger charge is -2.57. The topological polar surface area (TPSA) is 66.7 Å². The van der Waals surface area contributed by atoms with Gasteiger partial charge >= 0.3 is 0 Å². The molecule has 2 heterocycles. The zero-order chi connectivity index (χ0) is 18.6. The molecule has 6 heteroatoms. The Bertz CT molecular complexity index is 712. The molecule has 4 bridgehead atoms. The van der Waals surface area contributed by atoms with Gasteiger partial charge in [-0.1, -0.05) is 5.16 Å². The van der Waals surface area contributed by atoms with Gasteiger partial charge in [0.2, 0.25) is 5.91 Å². The van der Waals surface area contributed by atoms with E-state index in [4.69, 9.17) is 4.52 Å². The molecule has 1 aliphatic heterocycles. The van der Waals surface area contributed by atoms with E-state index in [1.807, 2.05) is 4.90 Å². The van der Waals surface area contributed by atoms with Gasteiger partial charge < -0.3 is 14.3 Å². The van der Waals surface area contributed by atoms with Gasteiger partial charge in [-0.15, -0.1) is 0 Å². The smallest absolute Gasteiger partial charge is 0.276 e. The molecule has 5 fully saturated rings. The van der Waals surface area contributed by atoms with Crippen molar-refractivity contribution in [3.63, 3.8) is 0 Å². The summed E-state index contributed by atoms with van der Waals surface area (Å²) in [6, 6.07) is 1.67. The van der Waals surface area contributed by atoms with Gasteiger partial charge in [-0.3, -0.25) is 9.59 Å². The molecule has 4 saturated carbocycles. The molecular weight excluding hydrogens is 342 g/mol. The molecule has 0 unspecified atom stereocenters. The van der Waals surface area contributed by atoms with Crippen LogP contribution in [0.4, 0.5) is 0 Å². The second-order valence-corrected chi connectivity index (χ2v) is 9.59. The molecule has 1 aromatic heterocycles. The minimum atomic E-state index is -0.0972. The minimum Gasteiger partial charge on any atom is -0.361 e. The van der Waals surface area contributed by atoms with E-state index in [0.717, 1.165) is 24.2 Å². The molecule has 146 valence electrons. The summed E-state index contributed by atoms with van der Waals surface area (Å²) < 4.78 is 5.01. The zero-order valence-corrected chi connectivity index (χ0v) is 16.2. The second kappa shape index (κ2) is 6.35. The fourth-order valence-electron chi connectivity index (χ4n) is 6.73. The molecule has 1 aromatic rings. The summed E-state index contributed by atoms with van der Waals surface area (Å²) in [6.45, 7) is 4.21. The van der Waals surface area contributed by atoms with Crippen LogP contribution in [0, 0.1) is 30.1 Å². The molecule has 0 radical (unpaired) electrons. The number of piperazine rings is 1. The Morgan fingerprint density at radius 1 is 1.04 bits per heavy atom. The average Bonchev–Trinajstić information content (AvgIpc) is 3.06. The number of aryl methyl sites for hydroxylation is 1. The first kappa shape index (κ1) is 17.3. The van der Waals surface area contributed by atoms with Gasteiger partial charge in [0.1, 0.15) is 5.76 Å². The number of amides is 2. The Hall–Kier alpha value is -1.85. The van der Waals surface area contributed by atoms with Crippen LogP contribution in [-0.4, -0.2) is 52.9 Å². The lowest BCUT2D eigenvalue weighted by Crippen LogP contribution is -2.53. The number of rotatable bonds is 3. The Labute approximate surface area is 160 Å². The maximum Gasteiger partial charge on any atom is 0.276 e. The van der Waals surface area contributed by atoms with Crippen molar-refractivity contribution in [1.82, 2.24) is 15.0 Å². The summed E-state index contributed by atoms with van der Waals surface area (Å²) in [5.41, 5.74) is 0.651. The number of hydrogen-bond acceptors (Lipinski definition) is 4. The maximum atomic E-state index is 13.0. The van der Waals surface area contributed by atoms with Gasteiger partial charge in [0.05, 0.1) is 0 Å². The van der Waals surface area contributed by atoms with Gasteiger partial charge in [-0.05, 0) is 68.6 Å². The lowest BCUT2D eigenvalue weighted by atomic mass is 9.49. The highest BCUT2D eigenvalue weighted by molar-refractivity contribution is 5.92. The van der Waals surface area contributed by atoms with E-state index >= 15 is 0 Å². The monoisotopic (exact) mass is 371 g/mol. The van der Waals surface area contributed by atoms with Crippen molar-refractivity contribution < 1.29 is 14.1 Å². The summed E-state index contributed by atoms with van der Waals surface area (Å²) in [6.07, 6.45) is 8.78. The number of hydrogen-bond donors (Lipinski definition) is 0. The third-order valence-corrected chi connectivity index (χ3v) is 7.46. The first-order valence-corrected chi connectivity index (χ1v) is 10.5. The fourth-order valence-corrected chi connectivity index (χ4v) is 6.73. The van der Waals surface area contributed by atoms with Crippen LogP contribution in [0.3, 0.4) is 0 Å². The van der Waals surface area contributed by atoms with Gasteiger partial charge in [-0.2, -0.15) is 0 Å². The summed E-state index contributed by atoms with van der Waals surface area (Å²) in [4.78, 5) is 29.3. The quantitative estimate of drug-likeness (QED) is 0.819. The van der Waals surface area contributed by atoms with Gasteiger partial charge in [0.25, 0.3) is 5.91 Å². The molecule has 2 amide bonds. The molecule has 0 spiro atoms. The number of carbonyl (C=O) groups is 2. The van der Waals surface area contributed by atoms with Gasteiger partial charge in [0.15, 0.2) is 5.69 Å². The van der Waals surface area contributed by atoms with Crippen molar-refractivity contribution in [3.8, 4) is 0 Å². The lowest BCUT2D eigenvalue weighted by molar-refractivity contribution is -0.141. The van der Waals surface area contributed by atoms with E-state index in [9.17, 15) is 9.59 Å². The summed E-state index contributed by atoms with van der Waals surface area (Å²) in [5.74, 6) is 3.49. The van der Waals surface area contributed by atoms with Crippen LogP contribution in [0.1, 0.15) is 61.2 Å². The van der Waals surface area contributed by atoms with Crippen LogP contribution < -0.4 is 0 Å². The largest absolute Gasteiger partial charge is 0.361 e. The van der Waals surface area contributed by atoms with E-state index in [1.165, 1.54) is 38.5 Å². The molecule has 1 saturated heterocycles. The number of aromatic nitrogens is 1. The van der Waals surface area contributed by atoms with Crippen molar-refractivity contribution in [2.45, 2.75) is 51.9 Å². The fraction of sp³-hybridized carbons (Fsp3) is 0.762. The number of carbonyl (C=O) groups excluding carboxylic acids is 2. The van der Waals surface area contributed by atoms with Crippen LogP contribution in [0.5, 0.6) is 0 Å². The van der Waals surface area contributed by atoms with Gasteiger partial charge in [-0.25, -0.2) is 0 Å². The van der Waals surface area contributed by atoms with Crippen molar-refractivity contribution >= 4 is 11.8 Å². The Morgan fingerprint density at radius 3 is 2.11 bits per heavy atom. The third kappa shape index (κ3) is 3.17. The molecule has 6 rings (SSSR count). The molecule has 0 atom stereocenters. The predicted molar refractivity (Wildman–Crippen MR) is 98.9 cm³/mol. The SMILES string of the molecule is Cc1cc(C(=O)N2CCN(C(=O)CC34CC5CC(CC(C5)C3)C4)CC2)no1. The van der Waals surface area contributed by atoms with Crippen LogP contribution >= 0.6 is 0 Å². The van der Waals surface area contributed by atoms with Crippen molar-refractivity contribution in [3.05, 3.63) is 17.5 Å². The van der Waals surface area contributed by atoms with Crippen LogP contribution in [0.25, 0.3) is 0 Å². The zero-order valence-electron chi connectivity index (χ0n) is 16.2. The molecule has 0 aromatic carbocycles. The van der Waals surface area contributed by atoms with Crippen LogP contribution in [0.15, 0.2) is 10.6 Å². The standard InChI is InChI=1S/C21H29N3O3/c1-14-6-18(22-27-14)20(26)24-4-2-23(3-5-24)19(25)13-21-10-15-7-16(11-21)9-17(8-15)12-21/h6,15-17H,2-5,7-13H2,1H3.